The Hall–Kier alpha value is -1.87. The molecule has 0 spiro atoms. The summed E-state index contributed by atoms with van der Waals surface area (Å²) in [5.41, 5.74) is 0.456. The molecule has 13 heteroatoms. The van der Waals surface area contributed by atoms with E-state index in [0.717, 1.165) is 106 Å². The fraction of sp³-hybridized carbons (Fsp3) is 0.948. The Labute approximate surface area is 423 Å². The summed E-state index contributed by atoms with van der Waals surface area (Å²) in [6.07, 6.45) is 36.7. The van der Waals surface area contributed by atoms with Crippen LogP contribution in [0.2, 0.25) is 0 Å². The lowest BCUT2D eigenvalue weighted by molar-refractivity contribution is -0.151. The average Bonchev–Trinajstić information content (AvgIpc) is 4.16. The van der Waals surface area contributed by atoms with E-state index in [1.54, 1.807) is 0 Å². The zero-order chi connectivity index (χ0) is 48.3. The highest BCUT2D eigenvalue weighted by Crippen LogP contribution is 2.57. The van der Waals surface area contributed by atoms with Crippen molar-refractivity contribution in [3.8, 4) is 0 Å². The SMILES string of the molecule is C1CC2CC1C1OC21.C1CCC2OC2C1.CC1(C2CCC3OC3(C)C2)CO1.O=C(CCCCC(=O)OCC1CCC2OC2C1)OCC1CCC2OC2C1.O=C(OCC1CCC2CC2C1)C1CCC2OC2C1. The zero-order valence-corrected chi connectivity index (χ0v) is 43.3. The van der Waals surface area contributed by atoms with Gasteiger partial charge in [-0.1, -0.05) is 12.8 Å². The number of hydrogen-bond donors (Lipinski definition) is 0. The Balaban J connectivity index is 0.0000000985. The summed E-state index contributed by atoms with van der Waals surface area (Å²) in [7, 11) is 0. The molecular weight excluding hydrogens is 905 g/mol. The quantitative estimate of drug-likeness (QED) is 0.0742. The molecule has 7 saturated heterocycles. The Morgan fingerprint density at radius 1 is 0.465 bits per heavy atom. The first-order valence-corrected chi connectivity index (χ1v) is 29.6. The van der Waals surface area contributed by atoms with Gasteiger partial charge in [0.1, 0.15) is 0 Å². The van der Waals surface area contributed by atoms with Gasteiger partial charge in [-0.05, 0) is 209 Å². The van der Waals surface area contributed by atoms with Gasteiger partial charge >= 0.3 is 17.9 Å². The fourth-order valence-corrected chi connectivity index (χ4v) is 15.0. The lowest BCUT2D eigenvalue weighted by Crippen LogP contribution is -2.31. The summed E-state index contributed by atoms with van der Waals surface area (Å²) < 4.78 is 54.6. The number of esters is 3. The highest BCUT2D eigenvalue weighted by atomic mass is 16.6. The molecule has 22 unspecified atom stereocenters. The molecular formula is C58H88O13. The molecule has 13 nitrogen and oxygen atoms in total. The van der Waals surface area contributed by atoms with E-state index in [4.69, 9.17) is 47.4 Å². The maximum atomic E-state index is 12.0. The van der Waals surface area contributed by atoms with Gasteiger partial charge in [-0.25, -0.2) is 0 Å². The highest BCUT2D eigenvalue weighted by molar-refractivity contribution is 5.72. The van der Waals surface area contributed by atoms with Gasteiger partial charge in [0.05, 0.1) is 111 Å². The normalized spacial score (nSPS) is 48.8. The molecule has 71 heavy (non-hydrogen) atoms. The molecule has 7 heterocycles. The highest BCUT2D eigenvalue weighted by Gasteiger charge is 2.61. The average molecular weight is 993 g/mol. The maximum absolute atomic E-state index is 12.0. The predicted octanol–water partition coefficient (Wildman–Crippen LogP) is 9.55. The van der Waals surface area contributed by atoms with Crippen LogP contribution in [0.5, 0.6) is 0 Å². The van der Waals surface area contributed by atoms with Crippen molar-refractivity contribution in [1.29, 1.82) is 0 Å². The van der Waals surface area contributed by atoms with Crippen molar-refractivity contribution >= 4 is 17.9 Å². The lowest BCUT2D eigenvalue weighted by Gasteiger charge is -2.26. The summed E-state index contributed by atoms with van der Waals surface area (Å²) in [6.45, 7) is 7.16. The molecule has 398 valence electrons. The minimum Gasteiger partial charge on any atom is -0.465 e. The summed E-state index contributed by atoms with van der Waals surface area (Å²) >= 11 is 0. The number of fused-ring (bicyclic) bond motifs is 11. The second kappa shape index (κ2) is 21.3. The van der Waals surface area contributed by atoms with Crippen LogP contribution in [0.1, 0.15) is 187 Å². The van der Waals surface area contributed by atoms with Gasteiger partial charge in [0.15, 0.2) is 0 Å². The van der Waals surface area contributed by atoms with E-state index in [2.05, 4.69) is 13.8 Å². The monoisotopic (exact) mass is 993 g/mol. The van der Waals surface area contributed by atoms with Crippen molar-refractivity contribution in [1.82, 2.24) is 0 Å². The zero-order valence-electron chi connectivity index (χ0n) is 43.3. The van der Waals surface area contributed by atoms with Crippen LogP contribution in [0.4, 0.5) is 0 Å². The van der Waals surface area contributed by atoms with Gasteiger partial charge in [0.25, 0.3) is 0 Å². The summed E-state index contributed by atoms with van der Waals surface area (Å²) in [6, 6.07) is 0. The summed E-state index contributed by atoms with van der Waals surface area (Å²) in [5.74, 6) is 6.13. The largest absolute Gasteiger partial charge is 0.465 e. The molecule has 0 amide bonds. The number of hydrogen-bond acceptors (Lipinski definition) is 13. The number of unbranched alkanes of at least 4 members (excludes halogenated alkanes) is 1. The molecule has 0 aromatic rings. The van der Waals surface area contributed by atoms with E-state index < -0.39 is 0 Å². The molecule has 16 rings (SSSR count). The molecule has 9 aliphatic carbocycles. The molecule has 0 aromatic carbocycles. The molecule has 0 N–H and O–H groups in total. The van der Waals surface area contributed by atoms with Gasteiger partial charge in [-0.2, -0.15) is 0 Å². The first-order chi connectivity index (χ1) is 34.5. The number of ether oxygens (including phenoxy) is 10. The Morgan fingerprint density at radius 3 is 1.49 bits per heavy atom. The summed E-state index contributed by atoms with van der Waals surface area (Å²) in [5, 5.41) is 0. The molecule has 2 bridgehead atoms. The molecule has 16 aliphatic rings. The number of epoxide rings is 7. The van der Waals surface area contributed by atoms with Crippen LogP contribution in [0.15, 0.2) is 0 Å². The first kappa shape index (κ1) is 50.0. The Bertz CT molecular complexity index is 1800. The van der Waals surface area contributed by atoms with E-state index in [-0.39, 0.29) is 35.0 Å². The first-order valence-electron chi connectivity index (χ1n) is 29.6. The number of rotatable bonds is 13. The van der Waals surface area contributed by atoms with Gasteiger partial charge < -0.3 is 47.4 Å². The van der Waals surface area contributed by atoms with Crippen molar-refractivity contribution in [2.75, 3.05) is 26.4 Å². The van der Waals surface area contributed by atoms with Crippen molar-refractivity contribution < 1.29 is 61.8 Å². The van der Waals surface area contributed by atoms with E-state index in [9.17, 15) is 14.4 Å². The molecule has 22 atom stereocenters. The van der Waals surface area contributed by atoms with Crippen molar-refractivity contribution in [3.05, 3.63) is 0 Å². The number of carbonyl (C=O) groups excluding carboxylic acids is 3. The van der Waals surface area contributed by atoms with Crippen molar-refractivity contribution in [2.45, 2.75) is 266 Å². The van der Waals surface area contributed by atoms with Crippen molar-refractivity contribution in [3.63, 3.8) is 0 Å². The summed E-state index contributed by atoms with van der Waals surface area (Å²) in [4.78, 5) is 35.6. The third-order valence-electron chi connectivity index (χ3n) is 20.5. The smallest absolute Gasteiger partial charge is 0.309 e. The molecule has 9 saturated carbocycles. The number of carbonyl (C=O) groups is 3. The van der Waals surface area contributed by atoms with Gasteiger partial charge in [0.2, 0.25) is 0 Å². The second-order valence-corrected chi connectivity index (χ2v) is 26.0. The molecule has 0 aromatic heterocycles. The van der Waals surface area contributed by atoms with E-state index in [0.29, 0.717) is 118 Å². The van der Waals surface area contributed by atoms with Crippen LogP contribution in [-0.4, -0.2) is 123 Å². The third kappa shape index (κ3) is 13.2. The minimum atomic E-state index is -0.154. The van der Waals surface area contributed by atoms with Crippen LogP contribution >= 0.6 is 0 Å². The fourth-order valence-electron chi connectivity index (χ4n) is 15.0. The second-order valence-electron chi connectivity index (χ2n) is 26.0. The standard InChI is InChI=1S/C20H30O6.C15H22O3.C10H16O2.C7H10O.C6H10O/c21-19(23-11-13-5-7-15-17(9-13)25-15)3-1-2-4-20(22)24-12-14-6-8-16-18(10-14)26-16;16-15(11-3-4-13-14(7-11)18-13)17-8-9-1-2-10-6-12(10)5-9;1-9-5-7(10(2)6-11-10)3-4-8(9)12-9;1-2-5-3-4(1)6-7(5)8-6;1-2-4-6-5(3-1)7-6/h13-18H,1-12H2;9-14H,1-8H2;7-8H,3-6H2,1-2H3;4-7H,1-3H2;5-6H,1-4H2. The van der Waals surface area contributed by atoms with Crippen LogP contribution in [0.25, 0.3) is 0 Å². The molecule has 0 radical (unpaired) electrons. The van der Waals surface area contributed by atoms with Crippen molar-refractivity contribution in [2.24, 2.45) is 53.3 Å². The maximum Gasteiger partial charge on any atom is 0.309 e. The van der Waals surface area contributed by atoms with Gasteiger partial charge in [0, 0.05) is 12.8 Å². The minimum absolute atomic E-state index is 0.0434. The molecule has 16 fully saturated rings. The van der Waals surface area contributed by atoms with E-state index in [1.807, 2.05) is 0 Å². The van der Waals surface area contributed by atoms with Crippen LogP contribution in [0, 0.1) is 53.3 Å². The van der Waals surface area contributed by atoms with E-state index >= 15 is 0 Å². The Kier molecular flexibility index (Phi) is 15.0. The molecule has 7 aliphatic heterocycles. The lowest BCUT2D eigenvalue weighted by atomic mass is 9.76. The van der Waals surface area contributed by atoms with E-state index in [1.165, 1.54) is 89.9 Å². The van der Waals surface area contributed by atoms with Crippen LogP contribution in [-0.2, 0) is 61.8 Å². The van der Waals surface area contributed by atoms with Crippen LogP contribution < -0.4 is 0 Å². The topological polar surface area (TPSA) is 167 Å². The Morgan fingerprint density at radius 2 is 0.972 bits per heavy atom. The predicted molar refractivity (Wildman–Crippen MR) is 260 cm³/mol. The van der Waals surface area contributed by atoms with Gasteiger partial charge in [-0.3, -0.25) is 14.4 Å². The van der Waals surface area contributed by atoms with Gasteiger partial charge in [-0.15, -0.1) is 0 Å². The third-order valence-corrected chi connectivity index (χ3v) is 20.5. The van der Waals surface area contributed by atoms with Crippen LogP contribution in [0.3, 0.4) is 0 Å².